The van der Waals surface area contributed by atoms with Crippen molar-refractivity contribution in [3.63, 3.8) is 0 Å². The van der Waals surface area contributed by atoms with Crippen LogP contribution in [0.15, 0.2) is 0 Å². The van der Waals surface area contributed by atoms with Gasteiger partial charge in [-0.05, 0) is 6.42 Å². The van der Waals surface area contributed by atoms with Gasteiger partial charge in [0.2, 0.25) is 0 Å². The predicted molar refractivity (Wildman–Crippen MR) is 105 cm³/mol. The van der Waals surface area contributed by atoms with E-state index in [0.717, 1.165) is 17.8 Å². The molecule has 10 nitrogen and oxygen atoms in total. The zero-order valence-corrected chi connectivity index (χ0v) is 17.7. The van der Waals surface area contributed by atoms with E-state index in [0.29, 0.717) is 72.4 Å². The minimum absolute atomic E-state index is 0.254. The van der Waals surface area contributed by atoms with Crippen LogP contribution in [0.25, 0.3) is 0 Å². The topological polar surface area (TPSA) is 122 Å². The molecule has 2 heterocycles. The molecular formula is C17H33N5O5S. The largest absolute Gasteiger partial charge is 0.378 e. The monoisotopic (exact) mass is 419 g/mol. The first-order chi connectivity index (χ1) is 13.5. The van der Waals surface area contributed by atoms with Gasteiger partial charge in [-0.25, -0.2) is 13.1 Å². The van der Waals surface area contributed by atoms with Gasteiger partial charge in [-0.1, -0.05) is 12.1 Å². The lowest BCUT2D eigenvalue weighted by Crippen LogP contribution is -2.53. The Bertz CT molecular complexity index is 675. The Morgan fingerprint density at radius 2 is 1.68 bits per heavy atom. The maximum atomic E-state index is 11.5. The molecule has 0 saturated carbocycles. The molecule has 162 valence electrons. The number of nitrogens with zero attached hydrogens (tertiary/aromatic N) is 4. The molecule has 0 aliphatic carbocycles. The molecule has 0 atom stereocenters. The van der Waals surface area contributed by atoms with E-state index in [2.05, 4.69) is 22.1 Å². The number of sulfone groups is 1. The summed E-state index contributed by atoms with van der Waals surface area (Å²) in [5.41, 5.74) is 7.31. The highest BCUT2D eigenvalue weighted by molar-refractivity contribution is 7.91. The quantitative estimate of drug-likeness (QED) is 0.360. The van der Waals surface area contributed by atoms with Crippen LogP contribution >= 0.6 is 0 Å². The first-order valence-corrected chi connectivity index (χ1v) is 11.7. The van der Waals surface area contributed by atoms with Crippen molar-refractivity contribution in [2.75, 3.05) is 65.5 Å². The molecule has 0 unspecified atom stereocenters. The summed E-state index contributed by atoms with van der Waals surface area (Å²) < 4.78 is 41.1. The van der Waals surface area contributed by atoms with Crippen LogP contribution in [0, 0.1) is 0 Å². The Labute approximate surface area is 167 Å². The maximum absolute atomic E-state index is 11.5. The van der Waals surface area contributed by atoms with E-state index in [1.165, 1.54) is 6.26 Å². The van der Waals surface area contributed by atoms with Gasteiger partial charge in [0.1, 0.15) is 0 Å². The van der Waals surface area contributed by atoms with E-state index >= 15 is 0 Å². The number of nitrogens with two attached hydrogens (primary N) is 1. The van der Waals surface area contributed by atoms with Gasteiger partial charge in [0.25, 0.3) is 0 Å². The number of ether oxygens (including phenoxy) is 3. The molecule has 1 aromatic rings. The predicted octanol–water partition coefficient (Wildman–Crippen LogP) is -0.922. The minimum atomic E-state index is -2.95. The molecule has 0 bridgehead atoms. The molecule has 11 heteroatoms. The number of likely N-dealkylation sites (tertiary alicyclic amines) is 1. The summed E-state index contributed by atoms with van der Waals surface area (Å²) in [7, 11) is -2.95. The van der Waals surface area contributed by atoms with E-state index in [-0.39, 0.29) is 5.25 Å². The van der Waals surface area contributed by atoms with Crippen LogP contribution in [0.3, 0.4) is 0 Å². The number of rotatable bonds is 15. The third-order valence-corrected chi connectivity index (χ3v) is 6.12. The fourth-order valence-corrected chi connectivity index (χ4v) is 3.93. The molecular weight excluding hydrogens is 386 g/mol. The fourth-order valence-electron chi connectivity index (χ4n) is 2.97. The van der Waals surface area contributed by atoms with Crippen LogP contribution in [0.1, 0.15) is 18.3 Å². The van der Waals surface area contributed by atoms with Crippen LogP contribution in [-0.4, -0.2) is 99.1 Å². The van der Waals surface area contributed by atoms with E-state index < -0.39 is 9.84 Å². The third-order valence-electron chi connectivity index (χ3n) is 4.61. The van der Waals surface area contributed by atoms with Crippen molar-refractivity contribution in [3.05, 3.63) is 11.4 Å². The number of aromatic nitrogens is 3. The molecule has 1 aromatic heterocycles. The van der Waals surface area contributed by atoms with E-state index in [1.54, 1.807) is 0 Å². The molecule has 1 aliphatic rings. The lowest BCUT2D eigenvalue weighted by atomic mass is 10.1. The molecule has 1 aliphatic heterocycles. The normalized spacial score (nSPS) is 15.8. The van der Waals surface area contributed by atoms with Gasteiger partial charge in [0, 0.05) is 32.4 Å². The molecule has 0 radical (unpaired) electrons. The molecule has 0 aromatic carbocycles. The molecule has 1 fully saturated rings. The van der Waals surface area contributed by atoms with Crippen LogP contribution in [0.2, 0.25) is 0 Å². The smallest absolute Gasteiger partial charge is 0.152 e. The first-order valence-electron chi connectivity index (χ1n) is 9.71. The van der Waals surface area contributed by atoms with Crippen molar-refractivity contribution < 1.29 is 22.6 Å². The third kappa shape index (κ3) is 7.37. The van der Waals surface area contributed by atoms with Crippen LogP contribution in [-0.2, 0) is 43.6 Å². The Morgan fingerprint density at radius 1 is 1.07 bits per heavy atom. The number of hydrogen-bond acceptors (Lipinski definition) is 9. The highest BCUT2D eigenvalue weighted by atomic mass is 32.2. The summed E-state index contributed by atoms with van der Waals surface area (Å²) in [6.45, 7) is 8.17. The second-order valence-corrected chi connectivity index (χ2v) is 9.16. The van der Waals surface area contributed by atoms with Crippen molar-refractivity contribution in [2.24, 2.45) is 5.73 Å². The molecule has 28 heavy (non-hydrogen) atoms. The average molecular weight is 420 g/mol. The molecule has 0 amide bonds. The highest BCUT2D eigenvalue weighted by Crippen LogP contribution is 2.19. The Hall–Kier alpha value is -1.11. The Balaban J connectivity index is 1.63. The van der Waals surface area contributed by atoms with Gasteiger partial charge in [-0.15, -0.1) is 5.10 Å². The summed E-state index contributed by atoms with van der Waals surface area (Å²) in [5, 5.41) is 8.25. The fraction of sp³-hybridized carbons (Fsp3) is 0.882. The summed E-state index contributed by atoms with van der Waals surface area (Å²) in [5.74, 6) is 0. The molecule has 1 saturated heterocycles. The lowest BCUT2D eigenvalue weighted by molar-refractivity contribution is 0.0140. The number of hydrogen-bond donors (Lipinski definition) is 1. The minimum Gasteiger partial charge on any atom is -0.378 e. The van der Waals surface area contributed by atoms with Crippen molar-refractivity contribution in [1.29, 1.82) is 0 Å². The van der Waals surface area contributed by atoms with E-state index in [9.17, 15) is 8.42 Å². The van der Waals surface area contributed by atoms with Crippen LogP contribution in [0.4, 0.5) is 0 Å². The van der Waals surface area contributed by atoms with Gasteiger partial charge in [0.05, 0.1) is 62.8 Å². The van der Waals surface area contributed by atoms with Crippen molar-refractivity contribution in [2.45, 2.75) is 31.7 Å². The molecule has 0 spiro atoms. The van der Waals surface area contributed by atoms with Crippen LogP contribution in [0.5, 0.6) is 0 Å². The standard InChI is InChI=1S/C17H33N5O5S/c1-3-17-16(14-21-12-15(13-21)28(2,23)24)19-20-22(17)5-7-26-9-11-27-10-8-25-6-4-18/h15H,3-14,18H2,1-2H3. The second kappa shape index (κ2) is 11.8. The van der Waals surface area contributed by atoms with Crippen molar-refractivity contribution in [1.82, 2.24) is 19.9 Å². The summed E-state index contributed by atoms with van der Waals surface area (Å²) in [4.78, 5) is 2.09. The van der Waals surface area contributed by atoms with Gasteiger partial charge < -0.3 is 19.9 Å². The maximum Gasteiger partial charge on any atom is 0.152 e. The van der Waals surface area contributed by atoms with Gasteiger partial charge in [-0.2, -0.15) is 0 Å². The van der Waals surface area contributed by atoms with Gasteiger partial charge in [0.15, 0.2) is 9.84 Å². The zero-order chi connectivity index (χ0) is 20.4. The Morgan fingerprint density at radius 3 is 2.25 bits per heavy atom. The Kier molecular flexibility index (Phi) is 9.75. The van der Waals surface area contributed by atoms with Crippen molar-refractivity contribution in [3.8, 4) is 0 Å². The lowest BCUT2D eigenvalue weighted by Gasteiger charge is -2.37. The molecule has 2 rings (SSSR count). The van der Waals surface area contributed by atoms with E-state index in [4.69, 9.17) is 19.9 Å². The van der Waals surface area contributed by atoms with Crippen LogP contribution < -0.4 is 5.73 Å². The van der Waals surface area contributed by atoms with Crippen molar-refractivity contribution >= 4 is 9.84 Å². The highest BCUT2D eigenvalue weighted by Gasteiger charge is 2.35. The summed E-state index contributed by atoms with van der Waals surface area (Å²) >= 11 is 0. The summed E-state index contributed by atoms with van der Waals surface area (Å²) in [6, 6.07) is 0. The average Bonchev–Trinajstić information content (AvgIpc) is 3.00. The SMILES string of the molecule is CCc1c(CN2CC(S(C)(=O)=O)C2)nnn1CCOCCOCCOCCN. The first kappa shape index (κ1) is 23.2. The summed E-state index contributed by atoms with van der Waals surface area (Å²) in [6.07, 6.45) is 2.11. The van der Waals surface area contributed by atoms with E-state index in [1.807, 2.05) is 4.68 Å². The molecule has 2 N–H and O–H groups in total. The second-order valence-electron chi connectivity index (χ2n) is 6.83. The zero-order valence-electron chi connectivity index (χ0n) is 16.9. The van der Waals surface area contributed by atoms with Gasteiger partial charge in [-0.3, -0.25) is 4.90 Å². The van der Waals surface area contributed by atoms with Gasteiger partial charge >= 0.3 is 0 Å².